The number of hydrogen-bond acceptors (Lipinski definition) is 7. The van der Waals surface area contributed by atoms with Crippen LogP contribution in [0.5, 0.6) is 5.75 Å². The van der Waals surface area contributed by atoms with Crippen LogP contribution in [0.25, 0.3) is 0 Å². The Kier molecular flexibility index (Phi) is 7.94. The number of thioether (sulfide) groups is 1. The van der Waals surface area contributed by atoms with Crippen molar-refractivity contribution in [3.63, 3.8) is 0 Å². The van der Waals surface area contributed by atoms with Crippen molar-refractivity contribution in [2.45, 2.75) is 32.6 Å². The first-order chi connectivity index (χ1) is 15.4. The summed E-state index contributed by atoms with van der Waals surface area (Å²) in [4.78, 5) is 28.5. The van der Waals surface area contributed by atoms with Gasteiger partial charge in [0.15, 0.2) is 5.17 Å². The fourth-order valence-corrected chi connectivity index (χ4v) is 4.14. The first-order valence-electron chi connectivity index (χ1n) is 10.3. The minimum Gasteiger partial charge on any atom is -0.494 e. The Bertz CT molecular complexity index is 1030. The summed E-state index contributed by atoms with van der Waals surface area (Å²) in [5.74, 6) is 0.0115. The summed E-state index contributed by atoms with van der Waals surface area (Å²) in [6.45, 7) is 6.39. The molecule has 1 atom stereocenters. The predicted octanol–water partition coefficient (Wildman–Crippen LogP) is 4.55. The largest absolute Gasteiger partial charge is 0.494 e. The minimum atomic E-state index is -0.951. The molecule has 32 heavy (non-hydrogen) atoms. The van der Waals surface area contributed by atoms with Gasteiger partial charge in [0.25, 0.3) is 0 Å². The minimum absolute atomic E-state index is 0.250. The topological polar surface area (TPSA) is 97.2 Å². The monoisotopic (exact) mass is 454 g/mol. The zero-order valence-corrected chi connectivity index (χ0v) is 19.1. The van der Waals surface area contributed by atoms with Gasteiger partial charge < -0.3 is 19.9 Å². The summed E-state index contributed by atoms with van der Waals surface area (Å²) in [6.07, 6.45) is 0. The Hall–Kier alpha value is -3.26. The molecule has 0 amide bonds. The van der Waals surface area contributed by atoms with Gasteiger partial charge in [0, 0.05) is 11.4 Å². The lowest BCUT2D eigenvalue weighted by Gasteiger charge is -2.26. The van der Waals surface area contributed by atoms with Crippen LogP contribution in [0.3, 0.4) is 0 Å². The van der Waals surface area contributed by atoms with Crippen molar-refractivity contribution in [2.24, 2.45) is 4.99 Å². The van der Waals surface area contributed by atoms with Gasteiger partial charge in [-0.3, -0.25) is 0 Å². The summed E-state index contributed by atoms with van der Waals surface area (Å²) in [5.41, 5.74) is 3.26. The Morgan fingerprint density at radius 3 is 2.34 bits per heavy atom. The molecule has 0 bridgehead atoms. The van der Waals surface area contributed by atoms with Crippen LogP contribution in [0.2, 0.25) is 0 Å². The molecule has 8 heteroatoms. The van der Waals surface area contributed by atoms with Crippen LogP contribution in [0, 0.1) is 0 Å². The van der Waals surface area contributed by atoms with Crippen molar-refractivity contribution >= 4 is 28.9 Å². The number of nitrogens with zero attached hydrogens (tertiary/aromatic N) is 1. The Labute approximate surface area is 191 Å². The molecular weight excluding hydrogens is 428 g/mol. The third-order valence-corrected chi connectivity index (χ3v) is 5.76. The number of nitrogens with one attached hydrogen (secondary N) is 1. The highest BCUT2D eigenvalue weighted by Gasteiger charge is 2.30. The number of benzene rings is 2. The number of hydrogen-bond donors (Lipinski definition) is 2. The van der Waals surface area contributed by atoms with Crippen LogP contribution < -0.4 is 10.1 Å². The lowest BCUT2D eigenvalue weighted by molar-refractivity contribution is -0.138. The van der Waals surface area contributed by atoms with Crippen LogP contribution in [-0.4, -0.2) is 35.4 Å². The smallest absolute Gasteiger partial charge is 0.338 e. The van der Waals surface area contributed by atoms with E-state index in [0.717, 1.165) is 16.9 Å². The molecule has 3 rings (SSSR count). The molecule has 0 saturated carbocycles. The number of aromatic carboxylic acids is 1. The molecule has 1 unspecified atom stereocenters. The molecule has 1 aliphatic rings. The Balaban J connectivity index is 1.83. The van der Waals surface area contributed by atoms with Crippen LogP contribution in [0.4, 0.5) is 0 Å². The van der Waals surface area contributed by atoms with Gasteiger partial charge in [-0.2, -0.15) is 0 Å². The second-order valence-electron chi connectivity index (χ2n) is 7.01. The highest BCUT2D eigenvalue weighted by molar-refractivity contribution is 8.13. The van der Waals surface area contributed by atoms with Gasteiger partial charge >= 0.3 is 11.9 Å². The summed E-state index contributed by atoms with van der Waals surface area (Å²) in [5, 5.41) is 12.9. The quantitative estimate of drug-likeness (QED) is 0.565. The molecule has 0 radical (unpaired) electrons. The molecule has 168 valence electrons. The number of ether oxygens (including phenoxy) is 2. The highest BCUT2D eigenvalue weighted by Crippen LogP contribution is 2.34. The molecule has 2 aromatic carbocycles. The maximum absolute atomic E-state index is 12.7. The second kappa shape index (κ2) is 10.9. The van der Waals surface area contributed by atoms with E-state index in [1.54, 1.807) is 31.2 Å². The fourth-order valence-electron chi connectivity index (χ4n) is 3.24. The predicted molar refractivity (Wildman–Crippen MR) is 125 cm³/mol. The molecule has 7 nitrogen and oxygen atoms in total. The van der Waals surface area contributed by atoms with E-state index in [2.05, 4.69) is 5.32 Å². The average Bonchev–Trinajstić information content (AvgIpc) is 2.78. The van der Waals surface area contributed by atoms with Crippen molar-refractivity contribution in [2.75, 3.05) is 13.2 Å². The van der Waals surface area contributed by atoms with E-state index in [1.165, 1.54) is 11.8 Å². The molecule has 0 spiro atoms. The van der Waals surface area contributed by atoms with Gasteiger partial charge in [-0.15, -0.1) is 0 Å². The number of carbonyl (C=O) groups excluding carboxylic acids is 1. The van der Waals surface area contributed by atoms with Gasteiger partial charge in [-0.25, -0.2) is 14.6 Å². The number of carbonyl (C=O) groups is 2. The number of amidine groups is 1. The molecule has 0 aliphatic carbocycles. The van der Waals surface area contributed by atoms with Gasteiger partial charge in [-0.05, 0) is 56.2 Å². The van der Waals surface area contributed by atoms with E-state index in [9.17, 15) is 9.59 Å². The lowest BCUT2D eigenvalue weighted by atomic mass is 9.96. The van der Waals surface area contributed by atoms with E-state index in [4.69, 9.17) is 19.6 Å². The zero-order chi connectivity index (χ0) is 23.1. The number of allylic oxidation sites excluding steroid dienone is 1. The second-order valence-corrected chi connectivity index (χ2v) is 7.98. The molecule has 1 aliphatic heterocycles. The standard InChI is InChI=1S/C24H26N2O5S/c1-4-30-19-12-10-17(11-13-19)21-20(23(29)31-5-2)15(3)25-24(26-21)32-14-16-6-8-18(9-7-16)22(27)28/h6-13,21H,4-5,14H2,1-3H3,(H,25,26)(H,27,28). The average molecular weight is 455 g/mol. The maximum atomic E-state index is 12.7. The van der Waals surface area contributed by atoms with E-state index < -0.39 is 18.0 Å². The number of esters is 1. The summed E-state index contributed by atoms with van der Waals surface area (Å²) in [7, 11) is 0. The molecule has 1 heterocycles. The maximum Gasteiger partial charge on any atom is 0.338 e. The summed E-state index contributed by atoms with van der Waals surface area (Å²) < 4.78 is 10.8. The Morgan fingerprint density at radius 2 is 1.75 bits per heavy atom. The van der Waals surface area contributed by atoms with Crippen LogP contribution in [0.1, 0.15) is 48.3 Å². The normalized spacial score (nSPS) is 15.6. The van der Waals surface area contributed by atoms with Crippen molar-refractivity contribution in [3.05, 3.63) is 76.5 Å². The number of carboxylic acids is 1. The highest BCUT2D eigenvalue weighted by atomic mass is 32.2. The first-order valence-corrected chi connectivity index (χ1v) is 11.3. The van der Waals surface area contributed by atoms with Crippen LogP contribution in [-0.2, 0) is 15.3 Å². The molecule has 0 aromatic heterocycles. The Morgan fingerprint density at radius 1 is 1.06 bits per heavy atom. The first kappa shape index (κ1) is 23.4. The molecular formula is C24H26N2O5S. The summed E-state index contributed by atoms with van der Waals surface area (Å²) in [6, 6.07) is 13.8. The van der Waals surface area contributed by atoms with Crippen molar-refractivity contribution in [1.82, 2.24) is 5.32 Å². The molecule has 0 fully saturated rings. The van der Waals surface area contributed by atoms with E-state index in [-0.39, 0.29) is 12.2 Å². The number of rotatable bonds is 8. The molecule has 2 aromatic rings. The number of aliphatic imine (C=N–C) groups is 1. The third kappa shape index (κ3) is 5.70. The van der Waals surface area contributed by atoms with E-state index >= 15 is 0 Å². The van der Waals surface area contributed by atoms with E-state index in [1.807, 2.05) is 38.1 Å². The van der Waals surface area contributed by atoms with Crippen molar-refractivity contribution < 1.29 is 24.2 Å². The zero-order valence-electron chi connectivity index (χ0n) is 18.3. The van der Waals surface area contributed by atoms with Gasteiger partial charge in [0.2, 0.25) is 0 Å². The summed E-state index contributed by atoms with van der Waals surface area (Å²) >= 11 is 1.49. The molecule has 0 saturated heterocycles. The third-order valence-electron chi connectivity index (χ3n) is 4.80. The van der Waals surface area contributed by atoms with Gasteiger partial charge in [0.05, 0.1) is 24.4 Å². The van der Waals surface area contributed by atoms with Gasteiger partial charge in [-0.1, -0.05) is 36.0 Å². The SMILES string of the molecule is CCOC(=O)C1=C(C)NC(SCc2ccc(C(=O)O)cc2)=NC1c1ccc(OCC)cc1. The van der Waals surface area contributed by atoms with Gasteiger partial charge in [0.1, 0.15) is 11.8 Å². The molecule has 2 N–H and O–H groups in total. The van der Waals surface area contributed by atoms with Crippen LogP contribution >= 0.6 is 11.8 Å². The van der Waals surface area contributed by atoms with Crippen LogP contribution in [0.15, 0.2) is 64.8 Å². The fraction of sp³-hybridized carbons (Fsp3) is 0.292. The van der Waals surface area contributed by atoms with E-state index in [0.29, 0.717) is 28.8 Å². The van der Waals surface area contributed by atoms with Crippen molar-refractivity contribution in [3.8, 4) is 5.75 Å². The number of carboxylic acid groups (broad SMARTS) is 1. The van der Waals surface area contributed by atoms with Crippen molar-refractivity contribution in [1.29, 1.82) is 0 Å². The lowest BCUT2D eigenvalue weighted by Crippen LogP contribution is -2.30.